The molecule has 2 N–H and O–H groups in total. The van der Waals surface area contributed by atoms with Crippen LogP contribution in [0.4, 0.5) is 14.5 Å². The number of piperazine rings is 1. The van der Waals surface area contributed by atoms with Crippen LogP contribution in [0.5, 0.6) is 0 Å². The molecule has 4 nitrogen and oxygen atoms in total. The Kier molecular flexibility index (Phi) is 3.47. The Morgan fingerprint density at radius 1 is 1.44 bits per heavy atom. The quantitative estimate of drug-likeness (QED) is 0.822. The Bertz CT molecular complexity index is 456. The van der Waals surface area contributed by atoms with E-state index in [0.717, 1.165) is 12.1 Å². The second kappa shape index (κ2) is 4.89. The zero-order valence-corrected chi connectivity index (χ0v) is 9.91. The van der Waals surface area contributed by atoms with E-state index in [-0.39, 0.29) is 17.2 Å². The van der Waals surface area contributed by atoms with E-state index in [1.807, 2.05) is 0 Å². The van der Waals surface area contributed by atoms with Crippen molar-refractivity contribution in [3.63, 3.8) is 0 Å². The van der Waals surface area contributed by atoms with E-state index in [1.54, 1.807) is 6.92 Å². The van der Waals surface area contributed by atoms with Gasteiger partial charge in [0.05, 0.1) is 6.61 Å². The molecular formula is C12H14F2N2O2. The van der Waals surface area contributed by atoms with Gasteiger partial charge in [0.15, 0.2) is 0 Å². The molecule has 1 saturated heterocycles. The molecule has 1 atom stereocenters. The van der Waals surface area contributed by atoms with Gasteiger partial charge in [-0.3, -0.25) is 4.79 Å². The molecule has 98 valence electrons. The third kappa shape index (κ3) is 2.15. The largest absolute Gasteiger partial charge is 0.392 e. The lowest BCUT2D eigenvalue weighted by atomic mass is 10.1. The van der Waals surface area contributed by atoms with Crippen LogP contribution in [-0.2, 0) is 11.4 Å². The molecule has 6 heteroatoms. The number of nitrogens with zero attached hydrogens (tertiary/aromatic N) is 1. The van der Waals surface area contributed by atoms with Gasteiger partial charge >= 0.3 is 0 Å². The van der Waals surface area contributed by atoms with Crippen molar-refractivity contribution in [1.29, 1.82) is 0 Å². The third-order valence-electron chi connectivity index (χ3n) is 3.05. The Hall–Kier alpha value is -1.69. The summed E-state index contributed by atoms with van der Waals surface area (Å²) in [4.78, 5) is 12.9. The number of halogens is 2. The second-order valence-corrected chi connectivity index (χ2v) is 4.23. The normalized spacial score (nSPS) is 19.9. The lowest BCUT2D eigenvalue weighted by Crippen LogP contribution is -2.54. The lowest BCUT2D eigenvalue weighted by Gasteiger charge is -2.35. The van der Waals surface area contributed by atoms with Crippen LogP contribution in [0.3, 0.4) is 0 Å². The number of carbonyl (C=O) groups is 1. The Morgan fingerprint density at radius 3 is 2.61 bits per heavy atom. The molecule has 1 unspecified atom stereocenters. The van der Waals surface area contributed by atoms with Gasteiger partial charge in [-0.2, -0.15) is 0 Å². The van der Waals surface area contributed by atoms with Crippen molar-refractivity contribution in [2.45, 2.75) is 19.6 Å². The number of rotatable bonds is 2. The van der Waals surface area contributed by atoms with E-state index in [4.69, 9.17) is 5.11 Å². The SMILES string of the molecule is CC1C(=O)NCCN1c1c(F)cc(CO)cc1F. The van der Waals surface area contributed by atoms with E-state index >= 15 is 0 Å². The zero-order chi connectivity index (χ0) is 13.3. The fourth-order valence-corrected chi connectivity index (χ4v) is 2.07. The van der Waals surface area contributed by atoms with Crippen molar-refractivity contribution in [3.8, 4) is 0 Å². The van der Waals surface area contributed by atoms with Crippen molar-refractivity contribution in [3.05, 3.63) is 29.3 Å². The molecule has 0 radical (unpaired) electrons. The van der Waals surface area contributed by atoms with Crippen molar-refractivity contribution in [2.75, 3.05) is 18.0 Å². The van der Waals surface area contributed by atoms with Crippen LogP contribution in [0.2, 0.25) is 0 Å². The molecule has 1 aromatic rings. The van der Waals surface area contributed by atoms with Crippen LogP contribution in [0.15, 0.2) is 12.1 Å². The van der Waals surface area contributed by atoms with Crippen LogP contribution in [0.25, 0.3) is 0 Å². The van der Waals surface area contributed by atoms with E-state index < -0.39 is 24.3 Å². The topological polar surface area (TPSA) is 52.6 Å². The lowest BCUT2D eigenvalue weighted by molar-refractivity contribution is -0.122. The van der Waals surface area contributed by atoms with Gasteiger partial charge in [0.2, 0.25) is 5.91 Å². The van der Waals surface area contributed by atoms with Gasteiger partial charge in [-0.1, -0.05) is 0 Å². The molecule has 0 aliphatic carbocycles. The fraction of sp³-hybridized carbons (Fsp3) is 0.417. The number of nitrogens with one attached hydrogen (secondary N) is 1. The minimum absolute atomic E-state index is 0.169. The van der Waals surface area contributed by atoms with Gasteiger partial charge in [-0.25, -0.2) is 8.78 Å². The van der Waals surface area contributed by atoms with E-state index in [9.17, 15) is 13.6 Å². The molecule has 18 heavy (non-hydrogen) atoms. The van der Waals surface area contributed by atoms with Gasteiger partial charge in [-0.15, -0.1) is 0 Å². The van der Waals surface area contributed by atoms with Crippen molar-refractivity contribution in [1.82, 2.24) is 5.32 Å². The summed E-state index contributed by atoms with van der Waals surface area (Å²) in [6.07, 6.45) is 0. The molecule has 1 aliphatic rings. The van der Waals surface area contributed by atoms with Gasteiger partial charge in [0.25, 0.3) is 0 Å². The summed E-state index contributed by atoms with van der Waals surface area (Å²) in [5.74, 6) is -1.78. The second-order valence-electron chi connectivity index (χ2n) is 4.23. The molecule has 0 saturated carbocycles. The van der Waals surface area contributed by atoms with Crippen LogP contribution in [-0.4, -0.2) is 30.1 Å². The minimum Gasteiger partial charge on any atom is -0.392 e. The maximum Gasteiger partial charge on any atom is 0.242 e. The van der Waals surface area contributed by atoms with Crippen LogP contribution in [0, 0.1) is 11.6 Å². The molecule has 1 heterocycles. The minimum atomic E-state index is -0.763. The van der Waals surface area contributed by atoms with Gasteiger partial charge < -0.3 is 15.3 Å². The van der Waals surface area contributed by atoms with E-state index in [2.05, 4.69) is 5.32 Å². The highest BCUT2D eigenvalue weighted by molar-refractivity contribution is 5.86. The number of hydrogen-bond donors (Lipinski definition) is 2. The van der Waals surface area contributed by atoms with Crippen LogP contribution < -0.4 is 10.2 Å². The van der Waals surface area contributed by atoms with Crippen LogP contribution in [0.1, 0.15) is 12.5 Å². The summed E-state index contributed by atoms with van der Waals surface area (Å²) < 4.78 is 27.7. The molecule has 1 fully saturated rings. The number of carbonyl (C=O) groups excluding carboxylic acids is 1. The summed E-state index contributed by atoms with van der Waals surface area (Å²) in [5, 5.41) is 11.5. The average molecular weight is 256 g/mol. The highest BCUT2D eigenvalue weighted by Gasteiger charge is 2.29. The molecular weight excluding hydrogens is 242 g/mol. The average Bonchev–Trinajstić information content (AvgIpc) is 2.33. The Labute approximate surface area is 103 Å². The van der Waals surface area contributed by atoms with E-state index in [1.165, 1.54) is 4.90 Å². The number of aliphatic hydroxyl groups excluding tert-OH is 1. The maximum atomic E-state index is 13.9. The number of aliphatic hydroxyl groups is 1. The number of benzene rings is 1. The molecule has 2 rings (SSSR count). The predicted molar refractivity (Wildman–Crippen MR) is 62.1 cm³/mol. The molecule has 1 amide bonds. The first-order chi connectivity index (χ1) is 8.54. The van der Waals surface area contributed by atoms with Crippen molar-refractivity contribution < 1.29 is 18.7 Å². The fourth-order valence-electron chi connectivity index (χ4n) is 2.07. The van der Waals surface area contributed by atoms with Crippen molar-refractivity contribution >= 4 is 11.6 Å². The standard InChI is InChI=1S/C12H14F2N2O2/c1-7-12(18)15-2-3-16(7)11-9(13)4-8(6-17)5-10(11)14/h4-5,7,17H,2-3,6H2,1H3,(H,15,18). The first kappa shape index (κ1) is 12.8. The Morgan fingerprint density at radius 2 is 2.06 bits per heavy atom. The molecule has 0 spiro atoms. The van der Waals surface area contributed by atoms with Crippen molar-refractivity contribution in [2.24, 2.45) is 0 Å². The van der Waals surface area contributed by atoms with E-state index in [0.29, 0.717) is 13.1 Å². The molecule has 1 aromatic carbocycles. The van der Waals surface area contributed by atoms with Gasteiger partial charge in [0, 0.05) is 13.1 Å². The maximum absolute atomic E-state index is 13.9. The first-order valence-corrected chi connectivity index (χ1v) is 5.67. The summed E-state index contributed by atoms with van der Waals surface area (Å²) in [6.45, 7) is 1.86. The summed E-state index contributed by atoms with van der Waals surface area (Å²) in [7, 11) is 0. The Balaban J connectivity index is 2.41. The molecule has 0 aromatic heterocycles. The smallest absolute Gasteiger partial charge is 0.242 e. The number of hydrogen-bond acceptors (Lipinski definition) is 3. The predicted octanol–water partition coefficient (Wildman–Crippen LogP) is 0.782. The van der Waals surface area contributed by atoms with Gasteiger partial charge in [0.1, 0.15) is 23.4 Å². The van der Waals surface area contributed by atoms with Gasteiger partial charge in [-0.05, 0) is 24.6 Å². The zero-order valence-electron chi connectivity index (χ0n) is 9.91. The summed E-state index contributed by atoms with van der Waals surface area (Å²) in [6, 6.07) is 1.54. The molecule has 1 aliphatic heterocycles. The third-order valence-corrected chi connectivity index (χ3v) is 3.05. The highest BCUT2D eigenvalue weighted by atomic mass is 19.1. The first-order valence-electron chi connectivity index (χ1n) is 5.67. The summed E-state index contributed by atoms with van der Waals surface area (Å²) in [5.41, 5.74) is -0.0441. The van der Waals surface area contributed by atoms with Crippen LogP contribution >= 0.6 is 0 Å². The number of amides is 1. The number of anilines is 1. The highest BCUT2D eigenvalue weighted by Crippen LogP contribution is 2.27. The summed E-state index contributed by atoms with van der Waals surface area (Å²) >= 11 is 0. The molecule has 0 bridgehead atoms. The monoisotopic (exact) mass is 256 g/mol.